The molecule has 0 bridgehead atoms. The summed E-state index contributed by atoms with van der Waals surface area (Å²) in [6.45, 7) is 3.61. The van der Waals surface area contributed by atoms with E-state index in [9.17, 15) is 28.9 Å². The number of methoxy groups -OCH3 is 1. The average molecular weight is 703 g/mol. The highest BCUT2D eigenvalue weighted by Gasteiger charge is 2.33. The Labute approximate surface area is 284 Å². The number of benzene rings is 1. The summed E-state index contributed by atoms with van der Waals surface area (Å²) in [5, 5.41) is 2.58. The van der Waals surface area contributed by atoms with Gasteiger partial charge in [-0.1, -0.05) is 34.9 Å². The van der Waals surface area contributed by atoms with Gasteiger partial charge in [-0.05, 0) is 13.3 Å². The van der Waals surface area contributed by atoms with E-state index < -0.39 is 50.4 Å². The Morgan fingerprint density at radius 1 is 1.00 bits per heavy atom. The Kier molecular flexibility index (Phi) is 13.4. The molecule has 1 aromatic heterocycles. The molecule has 2 saturated heterocycles. The van der Waals surface area contributed by atoms with Gasteiger partial charge in [0.05, 0.1) is 12.7 Å². The lowest BCUT2D eigenvalue weighted by Crippen LogP contribution is -2.56. The van der Waals surface area contributed by atoms with Crippen molar-refractivity contribution in [2.75, 3.05) is 57.9 Å². The van der Waals surface area contributed by atoms with E-state index in [4.69, 9.17) is 28.5 Å². The van der Waals surface area contributed by atoms with E-state index >= 15 is 0 Å². The monoisotopic (exact) mass is 702 g/mol. The number of carbonyl (C=O) groups excluding carboxylic acids is 5. The smallest absolute Gasteiger partial charge is 0.409 e. The van der Waals surface area contributed by atoms with Gasteiger partial charge in [0.25, 0.3) is 11.8 Å². The van der Waals surface area contributed by atoms with Crippen LogP contribution in [0.1, 0.15) is 37.7 Å². The van der Waals surface area contributed by atoms with Crippen LogP contribution in [0.5, 0.6) is 0 Å². The highest BCUT2D eigenvalue weighted by molar-refractivity contribution is 7.45. The average Bonchev–Trinajstić information content (AvgIpc) is 3.57. The molecule has 2 fully saturated rings. The number of rotatable bonds is 12. The summed E-state index contributed by atoms with van der Waals surface area (Å²) in [5.41, 5.74) is 0.579. The molecule has 0 spiro atoms. The first-order chi connectivity index (χ1) is 23.5. The second-order valence-corrected chi connectivity index (χ2v) is 12.0. The summed E-state index contributed by atoms with van der Waals surface area (Å²) >= 11 is 0. The molecule has 1 aromatic carbocycles. The largest absolute Gasteiger partial charge is 0.603 e. The zero-order valence-corrected chi connectivity index (χ0v) is 28.5. The molecule has 4 rings (SSSR count). The number of hydrogen-bond acceptors (Lipinski definition) is 14. The van der Waals surface area contributed by atoms with E-state index in [-0.39, 0.29) is 50.4 Å². The quantitative estimate of drug-likeness (QED) is 0.184. The Bertz CT molecular complexity index is 1520. The fourth-order valence-corrected chi connectivity index (χ4v) is 5.81. The van der Waals surface area contributed by atoms with Crippen LogP contribution in [0.3, 0.4) is 0 Å². The summed E-state index contributed by atoms with van der Waals surface area (Å²) in [6, 6.07) is 8.98. The zero-order chi connectivity index (χ0) is 35.5. The van der Waals surface area contributed by atoms with Gasteiger partial charge in [-0.25, -0.2) is 14.8 Å². The Morgan fingerprint density at radius 2 is 1.65 bits per heavy atom. The van der Waals surface area contributed by atoms with Crippen molar-refractivity contribution in [2.45, 2.75) is 45.8 Å². The van der Waals surface area contributed by atoms with Crippen LogP contribution in [0, 0.1) is 0 Å². The summed E-state index contributed by atoms with van der Waals surface area (Å²) in [7, 11) is -1.36. The second-order valence-electron chi connectivity index (χ2n) is 10.9. The van der Waals surface area contributed by atoms with Crippen LogP contribution in [-0.2, 0) is 37.9 Å². The fraction of sp³-hybridized carbons (Fsp3) is 0.484. The first-order valence-corrected chi connectivity index (χ1v) is 16.8. The van der Waals surface area contributed by atoms with E-state index in [2.05, 4.69) is 10.3 Å². The summed E-state index contributed by atoms with van der Waals surface area (Å²) in [6.07, 6.45) is 0.215. The normalized spacial score (nSPS) is 17.1. The van der Waals surface area contributed by atoms with Crippen LogP contribution in [0.4, 0.5) is 10.6 Å². The number of esters is 2. The third-order valence-electron chi connectivity index (χ3n) is 7.43. The summed E-state index contributed by atoms with van der Waals surface area (Å²) < 4.78 is 25.2. The first-order valence-electron chi connectivity index (χ1n) is 15.5. The van der Waals surface area contributed by atoms with Crippen LogP contribution in [0.25, 0.3) is 11.4 Å². The van der Waals surface area contributed by atoms with Crippen LogP contribution < -0.4 is 15.1 Å². The molecule has 2 aromatic rings. The van der Waals surface area contributed by atoms with Gasteiger partial charge in [0, 0.05) is 71.9 Å². The molecule has 3 heterocycles. The van der Waals surface area contributed by atoms with Gasteiger partial charge in [-0.2, -0.15) is 0 Å². The van der Waals surface area contributed by atoms with E-state index in [0.29, 0.717) is 24.5 Å². The topological polar surface area (TPSA) is 202 Å². The van der Waals surface area contributed by atoms with Gasteiger partial charge < -0.3 is 43.9 Å². The number of nitrogens with zero attached hydrogens (tertiary/aromatic N) is 5. The number of hydrogen-bond donors (Lipinski definition) is 1. The fourth-order valence-electron chi connectivity index (χ4n) is 5.04. The van der Waals surface area contributed by atoms with E-state index in [1.807, 2.05) is 23.1 Å². The second kappa shape index (κ2) is 17.6. The number of piperazine rings is 1. The van der Waals surface area contributed by atoms with Crippen molar-refractivity contribution in [1.82, 2.24) is 25.1 Å². The lowest BCUT2D eigenvalue weighted by Gasteiger charge is -2.35. The summed E-state index contributed by atoms with van der Waals surface area (Å²) in [4.78, 5) is 89.9. The van der Waals surface area contributed by atoms with Gasteiger partial charge in [0.2, 0.25) is 8.00 Å². The minimum Gasteiger partial charge on any atom is -0.603 e. The molecule has 1 unspecified atom stereocenters. The number of ether oxygens (including phenoxy) is 4. The van der Waals surface area contributed by atoms with Crippen molar-refractivity contribution in [1.29, 1.82) is 0 Å². The predicted octanol–water partition coefficient (Wildman–Crippen LogP) is 0.669. The lowest BCUT2D eigenvalue weighted by atomic mass is 10.2. The van der Waals surface area contributed by atoms with Crippen molar-refractivity contribution in [3.05, 3.63) is 42.1 Å². The maximum Gasteiger partial charge on any atom is 0.409 e. The first kappa shape index (κ1) is 37.1. The molecule has 0 aliphatic carbocycles. The van der Waals surface area contributed by atoms with Crippen molar-refractivity contribution in [2.24, 2.45) is 0 Å². The van der Waals surface area contributed by atoms with Crippen molar-refractivity contribution in [3.63, 3.8) is 0 Å². The molecule has 2 aliphatic heterocycles. The maximum absolute atomic E-state index is 13.8. The van der Waals surface area contributed by atoms with Crippen LogP contribution >= 0.6 is 8.00 Å². The Hall–Kier alpha value is -4.70. The van der Waals surface area contributed by atoms with Crippen molar-refractivity contribution in [3.8, 4) is 11.4 Å². The molecule has 1 N–H and O–H groups in total. The third kappa shape index (κ3) is 10.6. The summed E-state index contributed by atoms with van der Waals surface area (Å²) in [5.74, 6) is -1.59. The number of amides is 3. The zero-order valence-electron chi connectivity index (χ0n) is 27.6. The molecule has 0 radical (unpaired) electrons. The Morgan fingerprint density at radius 3 is 2.24 bits per heavy atom. The van der Waals surface area contributed by atoms with Gasteiger partial charge in [-0.15, -0.1) is 0 Å². The van der Waals surface area contributed by atoms with Gasteiger partial charge >= 0.3 is 24.5 Å². The van der Waals surface area contributed by atoms with Crippen LogP contribution in [0.2, 0.25) is 0 Å². The molecule has 17 nitrogen and oxygen atoms in total. The molecule has 3 amide bonds. The van der Waals surface area contributed by atoms with Crippen LogP contribution in [0.15, 0.2) is 36.4 Å². The molecule has 2 aliphatic rings. The third-order valence-corrected chi connectivity index (χ3v) is 8.36. The highest BCUT2D eigenvalue weighted by Crippen LogP contribution is 2.25. The number of nitrogens with one attached hydrogen (secondary N) is 1. The number of carbonyl (C=O) groups is 5. The standard InChI is InChI=1S/C31H39N6O11P/c1-5-45-30(42)36-15-13-35(14-16-36)29(41)25(19-49(43)48-31(46-20(2)38)47-21(3)39)33-28(40)24-17-26(37-12-11-23(18-37)44-4)34-27(32-24)22-9-7-6-8-10-22/h6-10,17,19,23,25,31H,5,11-16,18H2,1-4H3,(H,33,40)/t23-,25-/m0/s1. The van der Waals surface area contributed by atoms with Crippen molar-refractivity contribution >= 4 is 49.5 Å². The van der Waals surface area contributed by atoms with E-state index in [0.717, 1.165) is 26.1 Å². The molecular formula is C31H39N6O11P. The van der Waals surface area contributed by atoms with Gasteiger partial charge in [0.15, 0.2) is 11.9 Å². The molecule has 264 valence electrons. The molecule has 0 saturated carbocycles. The molecule has 3 atom stereocenters. The van der Waals surface area contributed by atoms with E-state index in [1.165, 1.54) is 15.9 Å². The van der Waals surface area contributed by atoms with E-state index in [1.54, 1.807) is 26.2 Å². The minimum atomic E-state index is -2.99. The Balaban J connectivity index is 1.64. The SMILES string of the molecule is CCOC(=O)N1CCN(C(=O)[C@H](C=[P+]([O-])OC(OC(C)=O)OC(C)=O)NC(=O)c2cc(N3CC[C@H](OC)C3)nc(-c3ccccc3)n2)CC1. The van der Waals surface area contributed by atoms with Gasteiger partial charge in [0.1, 0.15) is 17.3 Å². The lowest BCUT2D eigenvalue weighted by molar-refractivity contribution is -0.251. The molecule has 18 heteroatoms. The van der Waals surface area contributed by atoms with Gasteiger partial charge in [-0.3, -0.25) is 19.2 Å². The molecular weight excluding hydrogens is 663 g/mol. The molecule has 49 heavy (non-hydrogen) atoms. The maximum atomic E-state index is 13.8. The highest BCUT2D eigenvalue weighted by atomic mass is 31.1. The minimum absolute atomic E-state index is 0.0209. The van der Waals surface area contributed by atoms with Crippen molar-refractivity contribution < 1.29 is 52.3 Å². The van der Waals surface area contributed by atoms with Crippen LogP contribution in [-0.4, -0.2) is 127 Å². The number of aromatic nitrogens is 2. The predicted molar refractivity (Wildman–Crippen MR) is 173 cm³/mol. The number of anilines is 1.